The third-order valence-corrected chi connectivity index (χ3v) is 7.46. The van der Waals surface area contributed by atoms with Gasteiger partial charge in [-0.3, -0.25) is 0 Å². The van der Waals surface area contributed by atoms with Crippen LogP contribution in [0.4, 0.5) is 0 Å². The van der Waals surface area contributed by atoms with Gasteiger partial charge in [0, 0.05) is 0 Å². The Hall–Kier alpha value is -0.533. The zero-order valence-electron chi connectivity index (χ0n) is 9.38. The lowest BCUT2D eigenvalue weighted by Gasteiger charge is -2.22. The molecule has 0 fully saturated rings. The highest BCUT2D eigenvalue weighted by molar-refractivity contribution is 7.20. The summed E-state index contributed by atoms with van der Waals surface area (Å²) in [4.78, 5) is 0. The Morgan fingerprint density at radius 2 is 2.00 bits per heavy atom. The predicted molar refractivity (Wildman–Crippen MR) is 71.9 cm³/mol. The van der Waals surface area contributed by atoms with Gasteiger partial charge >= 0.3 is 0 Å². The van der Waals surface area contributed by atoms with Crippen molar-refractivity contribution in [3.8, 4) is 0 Å². The van der Waals surface area contributed by atoms with Crippen LogP contribution >= 0.6 is 11.1 Å². The number of allylic oxidation sites excluding steroid dienone is 1. The summed E-state index contributed by atoms with van der Waals surface area (Å²) < 4.78 is 0. The summed E-state index contributed by atoms with van der Waals surface area (Å²) in [7, 11) is -1.64. The molecule has 1 aromatic carbocycles. The highest BCUT2D eigenvalue weighted by Gasteiger charge is 2.28. The van der Waals surface area contributed by atoms with Gasteiger partial charge in [-0.15, -0.1) is 6.58 Å². The van der Waals surface area contributed by atoms with E-state index in [1.54, 1.807) is 0 Å². The monoisotopic (exact) mass is 238 g/mol. The number of halogens is 1. The number of benzene rings is 1. The highest BCUT2D eigenvalue weighted by Crippen LogP contribution is 2.27. The lowest BCUT2D eigenvalue weighted by Crippen LogP contribution is -2.29. The standard InChI is InChI=1S/C13H19ClSi/c1-3-10-15(14,11-4-2)12-13-8-6-5-7-9-13/h3,5-9H,1,4,10-12H2,2H3. The molecule has 0 aliphatic heterocycles. The van der Waals surface area contributed by atoms with Crippen LogP contribution < -0.4 is 0 Å². The Balaban J connectivity index is 2.70. The number of hydrogen-bond donors (Lipinski definition) is 0. The van der Waals surface area contributed by atoms with Gasteiger partial charge in [-0.05, 0) is 23.7 Å². The van der Waals surface area contributed by atoms with Gasteiger partial charge in [-0.2, -0.15) is 11.1 Å². The maximum Gasteiger partial charge on any atom is 0.164 e. The average Bonchev–Trinajstić information content (AvgIpc) is 2.19. The van der Waals surface area contributed by atoms with Crippen LogP contribution in [-0.4, -0.2) is 7.38 Å². The molecule has 0 heterocycles. The first-order valence-electron chi connectivity index (χ1n) is 5.54. The van der Waals surface area contributed by atoms with Crippen LogP contribution in [0.5, 0.6) is 0 Å². The molecule has 1 atom stereocenters. The highest BCUT2D eigenvalue weighted by atomic mass is 35.6. The molecular weight excluding hydrogens is 220 g/mol. The second-order valence-corrected chi connectivity index (χ2v) is 10.0. The Morgan fingerprint density at radius 3 is 2.53 bits per heavy atom. The van der Waals surface area contributed by atoms with Crippen LogP contribution in [-0.2, 0) is 6.04 Å². The van der Waals surface area contributed by atoms with Crippen molar-refractivity contribution in [1.29, 1.82) is 0 Å². The van der Waals surface area contributed by atoms with Crippen LogP contribution in [0.1, 0.15) is 18.9 Å². The molecular formula is C13H19ClSi. The summed E-state index contributed by atoms with van der Waals surface area (Å²) in [6.45, 7) is 6.03. The summed E-state index contributed by atoms with van der Waals surface area (Å²) in [5, 5.41) is 0. The van der Waals surface area contributed by atoms with E-state index in [0.717, 1.165) is 12.1 Å². The summed E-state index contributed by atoms with van der Waals surface area (Å²) in [6, 6.07) is 13.8. The molecule has 0 nitrogen and oxygen atoms in total. The van der Waals surface area contributed by atoms with E-state index >= 15 is 0 Å². The van der Waals surface area contributed by atoms with Crippen molar-refractivity contribution in [2.24, 2.45) is 0 Å². The van der Waals surface area contributed by atoms with E-state index in [1.807, 2.05) is 12.1 Å². The molecule has 1 aromatic rings. The predicted octanol–water partition coefficient (Wildman–Crippen LogP) is 4.55. The molecule has 1 unspecified atom stereocenters. The molecule has 2 heteroatoms. The first-order valence-corrected chi connectivity index (χ1v) is 9.17. The fourth-order valence-electron chi connectivity index (χ4n) is 1.93. The van der Waals surface area contributed by atoms with Crippen LogP contribution in [0.15, 0.2) is 43.0 Å². The minimum Gasteiger partial charge on any atom is -0.166 e. The summed E-state index contributed by atoms with van der Waals surface area (Å²) in [5.41, 5.74) is 1.37. The molecule has 1 rings (SSSR count). The van der Waals surface area contributed by atoms with Crippen molar-refractivity contribution < 1.29 is 0 Å². The van der Waals surface area contributed by atoms with Gasteiger partial charge in [0.05, 0.1) is 0 Å². The van der Waals surface area contributed by atoms with Crippen molar-refractivity contribution >= 4 is 18.5 Å². The zero-order chi connectivity index (χ0) is 11.1. The van der Waals surface area contributed by atoms with Gasteiger partial charge in [0.15, 0.2) is 7.38 Å². The van der Waals surface area contributed by atoms with E-state index in [4.69, 9.17) is 11.1 Å². The topological polar surface area (TPSA) is 0 Å². The molecule has 0 saturated heterocycles. The average molecular weight is 239 g/mol. The minimum atomic E-state index is -1.64. The molecule has 0 spiro atoms. The van der Waals surface area contributed by atoms with Gasteiger partial charge in [0.2, 0.25) is 0 Å². The largest absolute Gasteiger partial charge is 0.166 e. The third kappa shape index (κ3) is 4.23. The van der Waals surface area contributed by atoms with Crippen molar-refractivity contribution in [2.75, 3.05) is 0 Å². The minimum absolute atomic E-state index is 1.01. The summed E-state index contributed by atoms with van der Waals surface area (Å²) >= 11 is 6.74. The van der Waals surface area contributed by atoms with E-state index in [9.17, 15) is 0 Å². The fraction of sp³-hybridized carbons (Fsp3) is 0.385. The number of hydrogen-bond acceptors (Lipinski definition) is 0. The van der Waals surface area contributed by atoms with E-state index in [0.29, 0.717) is 0 Å². The molecule has 0 aliphatic rings. The normalized spacial score (nSPS) is 14.5. The third-order valence-electron chi connectivity index (χ3n) is 2.57. The molecule has 0 aromatic heterocycles. The zero-order valence-corrected chi connectivity index (χ0v) is 11.1. The Kier molecular flexibility index (Phi) is 5.13. The fourth-order valence-corrected chi connectivity index (χ4v) is 6.19. The van der Waals surface area contributed by atoms with Gasteiger partial charge in [0.1, 0.15) is 0 Å². The second kappa shape index (κ2) is 6.14. The first kappa shape index (κ1) is 12.5. The van der Waals surface area contributed by atoms with Gasteiger partial charge in [-0.25, -0.2) is 0 Å². The Labute approximate surface area is 98.7 Å². The van der Waals surface area contributed by atoms with Crippen LogP contribution in [0.2, 0.25) is 12.1 Å². The first-order chi connectivity index (χ1) is 7.20. The molecule has 15 heavy (non-hydrogen) atoms. The maximum atomic E-state index is 6.74. The van der Waals surface area contributed by atoms with Crippen molar-refractivity contribution in [3.63, 3.8) is 0 Å². The van der Waals surface area contributed by atoms with E-state index in [2.05, 4.69) is 37.8 Å². The SMILES string of the molecule is C=CC[Si](Cl)(CCC)Cc1ccccc1. The Bertz CT molecular complexity index is 297. The van der Waals surface area contributed by atoms with Crippen molar-refractivity contribution in [2.45, 2.75) is 31.5 Å². The van der Waals surface area contributed by atoms with Crippen molar-refractivity contribution in [3.05, 3.63) is 48.6 Å². The van der Waals surface area contributed by atoms with Crippen molar-refractivity contribution in [1.82, 2.24) is 0 Å². The molecule has 0 radical (unpaired) electrons. The summed E-state index contributed by atoms with van der Waals surface area (Å²) in [6.07, 6.45) is 3.16. The summed E-state index contributed by atoms with van der Waals surface area (Å²) in [5.74, 6) is 0. The molecule has 0 saturated carbocycles. The number of rotatable bonds is 6. The smallest absolute Gasteiger partial charge is 0.164 e. The lowest BCUT2D eigenvalue weighted by atomic mass is 10.2. The van der Waals surface area contributed by atoms with Gasteiger partial charge in [-0.1, -0.05) is 49.8 Å². The second-order valence-electron chi connectivity index (χ2n) is 4.06. The van der Waals surface area contributed by atoms with Crippen LogP contribution in [0.3, 0.4) is 0 Å². The maximum absolute atomic E-state index is 6.74. The van der Waals surface area contributed by atoms with Crippen LogP contribution in [0.25, 0.3) is 0 Å². The van der Waals surface area contributed by atoms with Gasteiger partial charge in [0.25, 0.3) is 0 Å². The van der Waals surface area contributed by atoms with E-state index in [-0.39, 0.29) is 0 Å². The molecule has 0 bridgehead atoms. The molecule has 0 N–H and O–H groups in total. The van der Waals surface area contributed by atoms with Gasteiger partial charge < -0.3 is 0 Å². The molecule has 0 amide bonds. The van der Waals surface area contributed by atoms with E-state index in [1.165, 1.54) is 18.0 Å². The quantitative estimate of drug-likeness (QED) is 0.388. The molecule has 0 aliphatic carbocycles. The molecule has 82 valence electrons. The Morgan fingerprint density at radius 1 is 1.33 bits per heavy atom. The lowest BCUT2D eigenvalue weighted by molar-refractivity contribution is 1.04. The van der Waals surface area contributed by atoms with E-state index < -0.39 is 7.38 Å². The van der Waals surface area contributed by atoms with Crippen LogP contribution in [0, 0.1) is 0 Å².